The summed E-state index contributed by atoms with van der Waals surface area (Å²) < 4.78 is 165. The molecule has 462 valence electrons. The second kappa shape index (κ2) is 29.7. The number of hydrogen-bond donors (Lipinski definition) is 5. The topological polar surface area (TPSA) is 438 Å². The summed E-state index contributed by atoms with van der Waals surface area (Å²) in [4.78, 5) is 4.84. The lowest BCUT2D eigenvalue weighted by molar-refractivity contribution is 0.310. The van der Waals surface area contributed by atoms with Crippen LogP contribution in [0.3, 0.4) is 0 Å². The van der Waals surface area contributed by atoms with Crippen molar-refractivity contribution in [2.75, 3.05) is 35.4 Å². The Morgan fingerprint density at radius 1 is 0.598 bits per heavy atom. The van der Waals surface area contributed by atoms with Gasteiger partial charge in [-0.1, -0.05) is 17.7 Å². The van der Waals surface area contributed by atoms with E-state index in [1.165, 1.54) is 48.6 Å². The number of pyridine rings is 1. The van der Waals surface area contributed by atoms with Crippen LogP contribution < -0.4 is 4.74 Å². The predicted molar refractivity (Wildman–Crippen MR) is 324 cm³/mol. The van der Waals surface area contributed by atoms with E-state index in [1.54, 1.807) is 76.2 Å². The number of hydrogen-bond acceptors (Lipinski definition) is 25. The van der Waals surface area contributed by atoms with E-state index in [-0.39, 0.29) is 94.4 Å². The Morgan fingerprint density at radius 3 is 1.55 bits per heavy atom. The van der Waals surface area contributed by atoms with Crippen LogP contribution in [0.5, 0.6) is 11.6 Å². The maximum absolute atomic E-state index is 12.3. The molecule has 0 aliphatic rings. The molecule has 7 aromatic rings. The van der Waals surface area contributed by atoms with E-state index < -0.39 is 79.1 Å². The molecule has 0 saturated carbocycles. The van der Waals surface area contributed by atoms with Crippen LogP contribution in [0.2, 0.25) is 5.02 Å². The van der Waals surface area contributed by atoms with Gasteiger partial charge in [-0.05, 0) is 155 Å². The summed E-state index contributed by atoms with van der Waals surface area (Å²) >= 11 is 8.50. The molecule has 0 fully saturated rings. The monoisotopic (exact) mass is 1350 g/mol. The third-order valence-electron chi connectivity index (χ3n) is 12.1. The molecule has 0 atom stereocenters. The Morgan fingerprint density at radius 2 is 1.06 bits per heavy atom. The lowest BCUT2D eigenvalue weighted by Gasteiger charge is -2.12. The largest absolute Gasteiger partial charge is 0.493 e. The highest BCUT2D eigenvalue weighted by atomic mass is 35.5. The molecule has 0 bridgehead atoms. The SMILES string of the molecule is Cc1cc(N=Nc2cc(SCCCS(=O)(=O)O)c(N=Nc3cc(OCCCCS(=O)(=O)O)c(N=Nc4c(C)c(C#N)c5nc6c(S(=O)(=O)O)ccc(C)c6n5c4O)cc3C)cc2C)c(SCCCS(=O)(=O)O)cc1N=Nc1ccc(Cl)cc1.O=S(=O)=O. The summed E-state index contributed by atoms with van der Waals surface area (Å²) in [5, 5.41) is 58.4. The first kappa shape index (κ1) is 68.9. The number of nitriles is 1. The average Bonchev–Trinajstić information content (AvgIpc) is 1.94. The van der Waals surface area contributed by atoms with Gasteiger partial charge in [0.25, 0.3) is 40.5 Å². The second-order valence-corrected chi connectivity index (χ2v) is 27.9. The molecule has 2 aromatic heterocycles. The summed E-state index contributed by atoms with van der Waals surface area (Å²) in [5.74, 6) is -1.54. The summed E-state index contributed by atoms with van der Waals surface area (Å²) in [6.45, 7) is 8.22. The first-order valence-electron chi connectivity index (χ1n) is 25.2. The second-order valence-electron chi connectivity index (χ2n) is 18.7. The van der Waals surface area contributed by atoms with E-state index >= 15 is 0 Å². The van der Waals surface area contributed by atoms with Gasteiger partial charge in [-0.2, -0.15) is 59.4 Å². The first-order chi connectivity index (χ1) is 40.7. The van der Waals surface area contributed by atoms with Crippen molar-refractivity contribution in [3.63, 3.8) is 0 Å². The smallest absolute Gasteiger partial charge is 0.425 e. The Bertz CT molecular complexity index is 4560. The Hall–Kier alpha value is -7.21. The molecule has 7 rings (SSSR count). The number of benzene rings is 5. The van der Waals surface area contributed by atoms with Gasteiger partial charge in [-0.3, -0.25) is 22.6 Å². The zero-order valence-corrected chi connectivity index (χ0v) is 52.8. The third kappa shape index (κ3) is 19.9. The molecule has 87 heavy (non-hydrogen) atoms. The van der Waals surface area contributed by atoms with Gasteiger partial charge >= 0.3 is 10.6 Å². The number of halogens is 1. The fourth-order valence-corrected chi connectivity index (χ4v) is 12.6. The number of azo groups is 4. The van der Waals surface area contributed by atoms with Gasteiger partial charge in [0.05, 0.1) is 63.5 Å². The Labute approximate surface area is 514 Å². The molecule has 0 radical (unpaired) electrons. The highest BCUT2D eigenvalue weighted by Crippen LogP contribution is 2.44. The van der Waals surface area contributed by atoms with Crippen molar-refractivity contribution in [1.82, 2.24) is 9.38 Å². The molecule has 0 unspecified atom stereocenters. The maximum atomic E-state index is 12.3. The molecular formula is C51H52ClN11O17S7. The van der Waals surface area contributed by atoms with Crippen LogP contribution in [0, 0.1) is 45.9 Å². The van der Waals surface area contributed by atoms with Crippen LogP contribution in [0.25, 0.3) is 16.7 Å². The molecule has 0 aliphatic carbocycles. The summed E-state index contributed by atoms with van der Waals surface area (Å²) in [6, 6.07) is 21.2. The summed E-state index contributed by atoms with van der Waals surface area (Å²) in [7, 11) is -20.7. The molecule has 2 heterocycles. The van der Waals surface area contributed by atoms with Gasteiger partial charge in [0.2, 0.25) is 5.88 Å². The van der Waals surface area contributed by atoms with Crippen molar-refractivity contribution in [3.8, 4) is 17.7 Å². The van der Waals surface area contributed by atoms with Gasteiger partial charge in [0.1, 0.15) is 33.5 Å². The van der Waals surface area contributed by atoms with E-state index in [9.17, 15) is 62.3 Å². The van der Waals surface area contributed by atoms with Crippen molar-refractivity contribution in [3.05, 3.63) is 111 Å². The molecule has 0 amide bonds. The molecule has 5 aromatic carbocycles. The van der Waals surface area contributed by atoms with Gasteiger partial charge in [-0.15, -0.1) is 56.6 Å². The molecular weight excluding hydrogens is 1300 g/mol. The number of fused-ring (bicyclic) bond motifs is 3. The van der Waals surface area contributed by atoms with Crippen molar-refractivity contribution in [2.24, 2.45) is 40.9 Å². The average molecular weight is 1350 g/mol. The van der Waals surface area contributed by atoms with E-state index in [0.29, 0.717) is 65.5 Å². The normalized spacial score (nSPS) is 12.5. The predicted octanol–water partition coefficient (Wildman–Crippen LogP) is 13.0. The number of thioether (sulfide) groups is 2. The standard InChI is InChI=1S/C51H52ClN11O14S6.O3S/c1-29-10-15-46(83(74,75)76)48-49(29)63-50(54-48)36(28-53)33(5)47(51(63)64)62-59-40-22-30(2)37(25-43(40)77-16-6-7-19-80(65,66)67)57-60-41-24-32(4)39(27-45(41)79-18-9-21-82(71,72)73)58-61-42-23-31(3)38(56-55-35-13-11-34(52)12-14-35)26-44(42)78-17-8-20-81(68,69)70;1-4(2)3/h10-15,22-27,64H,6-9,16-21H2,1-5H3,(H,65,66,67)(H,68,69,70)(H,71,72,73)(H,74,75,76);. The van der Waals surface area contributed by atoms with Crippen LogP contribution >= 0.6 is 35.1 Å². The molecule has 36 heteroatoms. The van der Waals surface area contributed by atoms with E-state index in [1.807, 2.05) is 6.07 Å². The lowest BCUT2D eigenvalue weighted by atomic mass is 10.1. The van der Waals surface area contributed by atoms with E-state index in [4.69, 9.17) is 29.0 Å². The van der Waals surface area contributed by atoms with Crippen molar-refractivity contribution in [1.29, 1.82) is 5.26 Å². The van der Waals surface area contributed by atoms with Gasteiger partial charge in [0, 0.05) is 26.4 Å². The van der Waals surface area contributed by atoms with E-state index in [2.05, 4.69) is 45.9 Å². The molecule has 5 N–H and O–H groups in total. The Balaban J connectivity index is 0.00000293. The number of nitrogens with zero attached hydrogens (tertiary/aromatic N) is 11. The van der Waals surface area contributed by atoms with Gasteiger partial charge in [0.15, 0.2) is 11.3 Å². The fourth-order valence-electron chi connectivity index (χ4n) is 7.95. The van der Waals surface area contributed by atoms with Crippen LogP contribution in [-0.2, 0) is 51.1 Å². The fraction of sp³-hybridized carbons (Fsp3) is 0.294. The highest BCUT2D eigenvalue weighted by Gasteiger charge is 2.26. The molecule has 0 saturated heterocycles. The summed E-state index contributed by atoms with van der Waals surface area (Å²) in [6.07, 6.45) is 0.361. The quantitative estimate of drug-likeness (QED) is 0.0154. The molecule has 0 spiro atoms. The Kier molecular flexibility index (Phi) is 23.5. The number of rotatable bonds is 25. The van der Waals surface area contributed by atoms with E-state index in [0.717, 1.165) is 10.5 Å². The minimum Gasteiger partial charge on any atom is -0.493 e. The van der Waals surface area contributed by atoms with Gasteiger partial charge < -0.3 is 9.84 Å². The van der Waals surface area contributed by atoms with Gasteiger partial charge in [-0.25, -0.2) is 4.98 Å². The minimum atomic E-state index is -4.80. The zero-order chi connectivity index (χ0) is 64.2. The third-order valence-corrected chi connectivity index (χ3v) is 17.9. The number of unbranched alkanes of at least 4 members (excludes halogenated alkanes) is 1. The van der Waals surface area contributed by atoms with Crippen molar-refractivity contribution >= 4 is 148 Å². The van der Waals surface area contributed by atoms with Crippen LogP contribution in [0.15, 0.2) is 128 Å². The number of aromatic hydroxyl groups is 1. The lowest BCUT2D eigenvalue weighted by Crippen LogP contribution is -2.06. The number of aryl methyl sites for hydroxylation is 4. The van der Waals surface area contributed by atoms with Crippen molar-refractivity contribution < 1.29 is 74.4 Å². The zero-order valence-electron chi connectivity index (χ0n) is 46.3. The molecule has 0 aliphatic heterocycles. The highest BCUT2D eigenvalue weighted by molar-refractivity contribution is 7.99. The number of ether oxygens (including phenoxy) is 1. The number of imidazole rings is 1. The first-order valence-corrected chi connectivity index (χ1v) is 34.8. The summed E-state index contributed by atoms with van der Waals surface area (Å²) in [5.41, 5.74) is 4.18. The van der Waals surface area contributed by atoms with Crippen LogP contribution in [-0.4, -0.2) is 114 Å². The van der Waals surface area contributed by atoms with Crippen LogP contribution in [0.1, 0.15) is 59.1 Å². The van der Waals surface area contributed by atoms with Crippen LogP contribution in [0.4, 0.5) is 45.5 Å². The molecule has 28 nitrogen and oxygen atoms in total. The van der Waals surface area contributed by atoms with Crippen molar-refractivity contribution in [2.45, 2.75) is 75.0 Å². The maximum Gasteiger partial charge on any atom is 0.425 e. The number of aromatic nitrogens is 2. The minimum absolute atomic E-state index is 0.0274.